The van der Waals surface area contributed by atoms with Crippen molar-refractivity contribution in [3.8, 4) is 0 Å². The van der Waals surface area contributed by atoms with Crippen LogP contribution in [0, 0.1) is 6.92 Å². The number of carbonyl (C=O) groups excluding carboxylic acids is 1. The third-order valence-corrected chi connectivity index (χ3v) is 2.34. The van der Waals surface area contributed by atoms with Crippen molar-refractivity contribution in [1.82, 2.24) is 4.90 Å². The summed E-state index contributed by atoms with van der Waals surface area (Å²) in [7, 11) is 0. The Labute approximate surface area is 100 Å². The molecule has 17 heavy (non-hydrogen) atoms. The SMILES string of the molecule is C=CCN(CC(=O)O)C(=O)c1ccccc1C. The molecule has 0 bridgehead atoms. The fraction of sp³-hybridized carbons (Fsp3) is 0.231. The quantitative estimate of drug-likeness (QED) is 0.787. The van der Waals surface area contributed by atoms with Crippen LogP contribution in [0.3, 0.4) is 0 Å². The number of amides is 1. The average molecular weight is 233 g/mol. The van der Waals surface area contributed by atoms with Crippen LogP contribution in [0.2, 0.25) is 0 Å². The van der Waals surface area contributed by atoms with Gasteiger partial charge < -0.3 is 10.0 Å². The van der Waals surface area contributed by atoms with Crippen LogP contribution in [-0.2, 0) is 4.79 Å². The van der Waals surface area contributed by atoms with Gasteiger partial charge in [0.2, 0.25) is 0 Å². The molecule has 0 saturated carbocycles. The molecule has 0 saturated heterocycles. The standard InChI is InChI=1S/C13H15NO3/c1-3-8-14(9-12(15)16)13(17)11-7-5-4-6-10(11)2/h3-7H,1,8-9H2,2H3,(H,15,16). The molecule has 1 aromatic carbocycles. The van der Waals surface area contributed by atoms with Crippen molar-refractivity contribution in [2.24, 2.45) is 0 Å². The Hall–Kier alpha value is -2.10. The maximum Gasteiger partial charge on any atom is 0.323 e. The molecule has 90 valence electrons. The molecule has 1 N–H and O–H groups in total. The molecule has 0 aromatic heterocycles. The fourth-order valence-electron chi connectivity index (χ4n) is 1.52. The molecule has 0 unspecified atom stereocenters. The highest BCUT2D eigenvalue weighted by molar-refractivity contribution is 5.97. The Morgan fingerprint density at radius 1 is 1.41 bits per heavy atom. The van der Waals surface area contributed by atoms with Gasteiger partial charge in [-0.1, -0.05) is 24.3 Å². The van der Waals surface area contributed by atoms with Crippen LogP contribution in [0.4, 0.5) is 0 Å². The van der Waals surface area contributed by atoms with Crippen LogP contribution in [-0.4, -0.2) is 35.0 Å². The van der Waals surface area contributed by atoms with Gasteiger partial charge in [-0.05, 0) is 18.6 Å². The smallest absolute Gasteiger partial charge is 0.323 e. The number of rotatable bonds is 5. The van der Waals surface area contributed by atoms with Gasteiger partial charge in [-0.25, -0.2) is 0 Å². The van der Waals surface area contributed by atoms with E-state index in [1.165, 1.54) is 11.0 Å². The van der Waals surface area contributed by atoms with E-state index in [0.29, 0.717) is 5.56 Å². The first-order valence-corrected chi connectivity index (χ1v) is 5.24. The molecule has 1 amide bonds. The third kappa shape index (κ3) is 3.45. The normalized spacial score (nSPS) is 9.71. The van der Waals surface area contributed by atoms with Crippen molar-refractivity contribution in [3.05, 3.63) is 48.0 Å². The van der Waals surface area contributed by atoms with Crippen LogP contribution in [0.5, 0.6) is 0 Å². The number of carboxylic acid groups (broad SMARTS) is 1. The maximum atomic E-state index is 12.1. The van der Waals surface area contributed by atoms with Crippen LogP contribution in [0.25, 0.3) is 0 Å². The summed E-state index contributed by atoms with van der Waals surface area (Å²) in [5, 5.41) is 8.75. The number of aryl methyl sites for hydroxylation is 1. The molecular weight excluding hydrogens is 218 g/mol. The summed E-state index contributed by atoms with van der Waals surface area (Å²) in [6.45, 7) is 5.24. The van der Waals surface area contributed by atoms with Gasteiger partial charge in [0.25, 0.3) is 5.91 Å². The molecule has 0 radical (unpaired) electrons. The fourth-order valence-corrected chi connectivity index (χ4v) is 1.52. The lowest BCUT2D eigenvalue weighted by atomic mass is 10.1. The summed E-state index contributed by atoms with van der Waals surface area (Å²) >= 11 is 0. The van der Waals surface area contributed by atoms with E-state index in [1.54, 1.807) is 12.1 Å². The van der Waals surface area contributed by atoms with E-state index in [0.717, 1.165) is 5.56 Å². The van der Waals surface area contributed by atoms with Crippen LogP contribution in [0.15, 0.2) is 36.9 Å². The predicted octanol–water partition coefficient (Wildman–Crippen LogP) is 1.71. The Morgan fingerprint density at radius 3 is 2.59 bits per heavy atom. The molecule has 0 spiro atoms. The lowest BCUT2D eigenvalue weighted by molar-refractivity contribution is -0.137. The Morgan fingerprint density at radius 2 is 2.06 bits per heavy atom. The van der Waals surface area contributed by atoms with Crippen molar-refractivity contribution in [2.45, 2.75) is 6.92 Å². The first kappa shape index (κ1) is 13.0. The highest BCUT2D eigenvalue weighted by Gasteiger charge is 2.18. The van der Waals surface area contributed by atoms with Gasteiger partial charge in [0.05, 0.1) is 0 Å². The number of carboxylic acids is 1. The Kier molecular flexibility index (Phi) is 4.46. The number of aliphatic carboxylic acids is 1. The van der Waals surface area contributed by atoms with Crippen LogP contribution >= 0.6 is 0 Å². The molecule has 0 aliphatic carbocycles. The minimum atomic E-state index is -1.03. The zero-order chi connectivity index (χ0) is 12.8. The number of hydrogen-bond acceptors (Lipinski definition) is 2. The second kappa shape index (κ2) is 5.84. The molecule has 0 aliphatic heterocycles. The summed E-state index contributed by atoms with van der Waals surface area (Å²) < 4.78 is 0. The highest BCUT2D eigenvalue weighted by atomic mass is 16.4. The van der Waals surface area contributed by atoms with E-state index >= 15 is 0 Å². The van der Waals surface area contributed by atoms with Gasteiger partial charge in [0.1, 0.15) is 6.54 Å². The van der Waals surface area contributed by atoms with E-state index in [9.17, 15) is 9.59 Å². The minimum absolute atomic E-state index is 0.222. The van der Waals surface area contributed by atoms with Crippen LogP contribution in [0.1, 0.15) is 15.9 Å². The van der Waals surface area contributed by atoms with E-state index in [1.807, 2.05) is 19.1 Å². The summed E-state index contributed by atoms with van der Waals surface area (Å²) in [4.78, 5) is 24.0. The summed E-state index contributed by atoms with van der Waals surface area (Å²) in [6.07, 6.45) is 1.51. The lowest BCUT2D eigenvalue weighted by Gasteiger charge is -2.19. The van der Waals surface area contributed by atoms with E-state index in [4.69, 9.17) is 5.11 Å². The summed E-state index contributed by atoms with van der Waals surface area (Å²) in [6, 6.07) is 7.10. The number of nitrogens with zero attached hydrogens (tertiary/aromatic N) is 1. The van der Waals surface area contributed by atoms with E-state index in [2.05, 4.69) is 6.58 Å². The highest BCUT2D eigenvalue weighted by Crippen LogP contribution is 2.10. The molecule has 4 nitrogen and oxygen atoms in total. The zero-order valence-electron chi connectivity index (χ0n) is 9.72. The van der Waals surface area contributed by atoms with E-state index in [-0.39, 0.29) is 19.0 Å². The molecule has 0 atom stereocenters. The number of hydrogen-bond donors (Lipinski definition) is 1. The second-order valence-electron chi connectivity index (χ2n) is 3.68. The van der Waals surface area contributed by atoms with Crippen molar-refractivity contribution in [1.29, 1.82) is 0 Å². The molecule has 0 heterocycles. The Bertz CT molecular complexity index is 440. The first-order chi connectivity index (χ1) is 8.06. The largest absolute Gasteiger partial charge is 0.480 e. The van der Waals surface area contributed by atoms with E-state index < -0.39 is 5.97 Å². The summed E-state index contributed by atoms with van der Waals surface area (Å²) in [5.41, 5.74) is 1.35. The molecule has 0 fully saturated rings. The van der Waals surface area contributed by atoms with Crippen molar-refractivity contribution in [2.75, 3.05) is 13.1 Å². The molecule has 1 aromatic rings. The van der Waals surface area contributed by atoms with Gasteiger partial charge in [-0.2, -0.15) is 0 Å². The molecular formula is C13H15NO3. The van der Waals surface area contributed by atoms with Gasteiger partial charge in [0.15, 0.2) is 0 Å². The first-order valence-electron chi connectivity index (χ1n) is 5.24. The molecule has 4 heteroatoms. The van der Waals surface area contributed by atoms with Gasteiger partial charge in [0, 0.05) is 12.1 Å². The van der Waals surface area contributed by atoms with Gasteiger partial charge in [-0.3, -0.25) is 9.59 Å². The third-order valence-electron chi connectivity index (χ3n) is 2.34. The minimum Gasteiger partial charge on any atom is -0.480 e. The molecule has 1 rings (SSSR count). The topological polar surface area (TPSA) is 57.6 Å². The molecule has 0 aliphatic rings. The predicted molar refractivity (Wildman–Crippen MR) is 64.9 cm³/mol. The van der Waals surface area contributed by atoms with Gasteiger partial charge in [-0.15, -0.1) is 6.58 Å². The van der Waals surface area contributed by atoms with Crippen molar-refractivity contribution < 1.29 is 14.7 Å². The van der Waals surface area contributed by atoms with Crippen molar-refractivity contribution in [3.63, 3.8) is 0 Å². The Balaban J connectivity index is 2.95. The average Bonchev–Trinajstić information content (AvgIpc) is 2.28. The number of carbonyl (C=O) groups is 2. The zero-order valence-corrected chi connectivity index (χ0v) is 9.72. The van der Waals surface area contributed by atoms with Gasteiger partial charge >= 0.3 is 5.97 Å². The lowest BCUT2D eigenvalue weighted by Crippen LogP contribution is -2.36. The monoisotopic (exact) mass is 233 g/mol. The van der Waals surface area contributed by atoms with Crippen molar-refractivity contribution >= 4 is 11.9 Å². The van der Waals surface area contributed by atoms with Crippen LogP contribution < -0.4 is 0 Å². The maximum absolute atomic E-state index is 12.1. The summed E-state index contributed by atoms with van der Waals surface area (Å²) in [5.74, 6) is -1.32. The number of benzene rings is 1. The second-order valence-corrected chi connectivity index (χ2v) is 3.68.